The first-order valence-corrected chi connectivity index (χ1v) is 9.99. The van der Waals surface area contributed by atoms with Crippen LogP contribution in [-0.4, -0.2) is 52.7 Å². The minimum atomic E-state index is -1.11. The van der Waals surface area contributed by atoms with Crippen LogP contribution in [-0.2, 0) is 0 Å². The van der Waals surface area contributed by atoms with Gasteiger partial charge in [-0.1, -0.05) is 30.7 Å². The molecule has 1 aliphatic heterocycles. The van der Waals surface area contributed by atoms with Gasteiger partial charge in [0.25, 0.3) is 0 Å². The van der Waals surface area contributed by atoms with Crippen LogP contribution >= 0.6 is 0 Å². The Morgan fingerprint density at radius 3 is 2.00 bits per heavy atom. The van der Waals surface area contributed by atoms with Crippen LogP contribution in [0, 0.1) is 6.92 Å². The standard InChI is InChI=1S/C14H22N2.C9H8O4/c1-13(16-10-6-3-7-11-16)12-15-14-8-4-2-5-9-14;1-5-6(8(10)11)3-2-4-7(5)9(12)13/h2,4-5,8-9,13,15H,3,6-7,10-12H2,1H3;2-4H,1H3,(H,10,11)(H,12,13). The van der Waals surface area contributed by atoms with Crippen LogP contribution in [0.5, 0.6) is 0 Å². The zero-order chi connectivity index (χ0) is 21.2. The molecule has 1 aliphatic rings. The zero-order valence-corrected chi connectivity index (χ0v) is 17.1. The molecule has 0 saturated carbocycles. The maximum atomic E-state index is 10.6. The van der Waals surface area contributed by atoms with E-state index < -0.39 is 11.9 Å². The van der Waals surface area contributed by atoms with Gasteiger partial charge in [-0.25, -0.2) is 9.59 Å². The molecule has 3 N–H and O–H groups in total. The summed E-state index contributed by atoms with van der Waals surface area (Å²) in [5, 5.41) is 20.9. The lowest BCUT2D eigenvalue weighted by Crippen LogP contribution is -2.41. The third-order valence-electron chi connectivity index (χ3n) is 5.18. The first-order valence-electron chi connectivity index (χ1n) is 9.99. The molecule has 6 nitrogen and oxygen atoms in total. The normalized spacial score (nSPS) is 15.0. The minimum Gasteiger partial charge on any atom is -0.478 e. The Morgan fingerprint density at radius 1 is 0.931 bits per heavy atom. The molecule has 6 heteroatoms. The zero-order valence-electron chi connectivity index (χ0n) is 17.1. The van der Waals surface area contributed by atoms with Gasteiger partial charge in [0.05, 0.1) is 11.1 Å². The van der Waals surface area contributed by atoms with Gasteiger partial charge < -0.3 is 15.5 Å². The highest BCUT2D eigenvalue weighted by molar-refractivity contribution is 5.96. The summed E-state index contributed by atoms with van der Waals surface area (Å²) < 4.78 is 0. The van der Waals surface area contributed by atoms with Crippen LogP contribution in [0.15, 0.2) is 48.5 Å². The Bertz CT molecular complexity index is 770. The summed E-state index contributed by atoms with van der Waals surface area (Å²) in [6.07, 6.45) is 4.15. The first-order chi connectivity index (χ1) is 13.9. The molecule has 1 unspecified atom stereocenters. The van der Waals surface area contributed by atoms with Crippen LogP contribution in [0.2, 0.25) is 0 Å². The third kappa shape index (κ3) is 6.91. The summed E-state index contributed by atoms with van der Waals surface area (Å²) in [6, 6.07) is 15.3. The molecule has 0 aromatic heterocycles. The molecule has 0 bridgehead atoms. The number of carbonyl (C=O) groups is 2. The monoisotopic (exact) mass is 398 g/mol. The number of carboxylic acid groups (broad SMARTS) is 2. The molecule has 0 amide bonds. The quantitative estimate of drug-likeness (QED) is 0.670. The van der Waals surface area contributed by atoms with Crippen molar-refractivity contribution >= 4 is 17.6 Å². The van der Waals surface area contributed by atoms with Gasteiger partial charge in [-0.3, -0.25) is 4.90 Å². The molecule has 1 atom stereocenters. The lowest BCUT2D eigenvalue weighted by molar-refractivity contribution is 0.0696. The van der Waals surface area contributed by atoms with Crippen molar-refractivity contribution in [1.82, 2.24) is 4.90 Å². The van der Waals surface area contributed by atoms with E-state index in [-0.39, 0.29) is 16.7 Å². The molecule has 1 heterocycles. The van der Waals surface area contributed by atoms with Crippen molar-refractivity contribution in [3.05, 3.63) is 65.2 Å². The number of carboxylic acids is 2. The number of nitrogens with zero attached hydrogens (tertiary/aromatic N) is 1. The Labute approximate surface area is 172 Å². The van der Waals surface area contributed by atoms with Gasteiger partial charge in [-0.2, -0.15) is 0 Å². The average Bonchev–Trinajstić information content (AvgIpc) is 2.73. The molecule has 0 radical (unpaired) electrons. The summed E-state index contributed by atoms with van der Waals surface area (Å²) >= 11 is 0. The van der Waals surface area contributed by atoms with E-state index in [1.54, 1.807) is 0 Å². The second kappa shape index (κ2) is 11.2. The van der Waals surface area contributed by atoms with Gasteiger partial charge in [-0.05, 0) is 69.6 Å². The number of nitrogens with one attached hydrogen (secondary N) is 1. The molecule has 1 saturated heterocycles. The van der Waals surface area contributed by atoms with E-state index in [0.717, 1.165) is 6.54 Å². The minimum absolute atomic E-state index is 0.0277. The van der Waals surface area contributed by atoms with E-state index in [1.807, 2.05) is 0 Å². The highest BCUT2D eigenvalue weighted by atomic mass is 16.4. The Balaban J connectivity index is 0.000000212. The van der Waals surface area contributed by atoms with Crippen LogP contribution in [0.25, 0.3) is 0 Å². The van der Waals surface area contributed by atoms with Crippen LogP contribution in [0.1, 0.15) is 52.5 Å². The van der Waals surface area contributed by atoms with Gasteiger partial charge in [0.2, 0.25) is 0 Å². The second-order valence-corrected chi connectivity index (χ2v) is 7.28. The molecule has 2 aromatic carbocycles. The van der Waals surface area contributed by atoms with Crippen molar-refractivity contribution in [3.8, 4) is 0 Å². The van der Waals surface area contributed by atoms with Crippen molar-refractivity contribution in [2.75, 3.05) is 25.0 Å². The number of aromatic carboxylic acids is 2. The Hall–Kier alpha value is -2.86. The van der Waals surface area contributed by atoms with Gasteiger partial charge in [0.15, 0.2) is 0 Å². The van der Waals surface area contributed by atoms with Crippen molar-refractivity contribution in [1.29, 1.82) is 0 Å². The molecular weight excluding hydrogens is 368 g/mol. The van der Waals surface area contributed by atoms with E-state index in [2.05, 4.69) is 47.5 Å². The topological polar surface area (TPSA) is 89.9 Å². The fourth-order valence-electron chi connectivity index (χ4n) is 3.41. The average molecular weight is 399 g/mol. The maximum Gasteiger partial charge on any atom is 0.335 e. The lowest BCUT2D eigenvalue weighted by atomic mass is 10.0. The van der Waals surface area contributed by atoms with E-state index in [0.29, 0.717) is 6.04 Å². The highest BCUT2D eigenvalue weighted by Crippen LogP contribution is 2.14. The molecule has 2 aromatic rings. The molecule has 0 spiro atoms. The number of benzene rings is 2. The predicted molar refractivity (Wildman–Crippen MR) is 115 cm³/mol. The van der Waals surface area contributed by atoms with Crippen LogP contribution in [0.4, 0.5) is 5.69 Å². The van der Waals surface area contributed by atoms with Crippen molar-refractivity contribution in [3.63, 3.8) is 0 Å². The number of para-hydroxylation sites is 1. The number of anilines is 1. The van der Waals surface area contributed by atoms with Gasteiger partial charge in [-0.15, -0.1) is 0 Å². The summed E-state index contributed by atoms with van der Waals surface area (Å²) in [5.74, 6) is -2.22. The second-order valence-electron chi connectivity index (χ2n) is 7.28. The molecular formula is C23H30N2O4. The fraction of sp³-hybridized carbons (Fsp3) is 0.391. The predicted octanol–water partition coefficient (Wildman–Crippen LogP) is 4.36. The van der Waals surface area contributed by atoms with Crippen LogP contribution < -0.4 is 5.32 Å². The first kappa shape index (κ1) is 22.4. The van der Waals surface area contributed by atoms with Gasteiger partial charge in [0, 0.05) is 18.3 Å². The van der Waals surface area contributed by atoms with Crippen LogP contribution in [0.3, 0.4) is 0 Å². The number of likely N-dealkylation sites (tertiary alicyclic amines) is 1. The number of hydrogen-bond acceptors (Lipinski definition) is 4. The smallest absolute Gasteiger partial charge is 0.335 e. The Kier molecular flexibility index (Phi) is 8.68. The highest BCUT2D eigenvalue weighted by Gasteiger charge is 2.16. The van der Waals surface area contributed by atoms with E-state index >= 15 is 0 Å². The van der Waals surface area contributed by atoms with Gasteiger partial charge in [0.1, 0.15) is 0 Å². The summed E-state index contributed by atoms with van der Waals surface area (Å²) in [7, 11) is 0. The summed E-state index contributed by atoms with van der Waals surface area (Å²) in [5.41, 5.74) is 1.56. The Morgan fingerprint density at radius 2 is 1.48 bits per heavy atom. The van der Waals surface area contributed by atoms with Crippen molar-refractivity contribution in [2.24, 2.45) is 0 Å². The molecule has 156 valence electrons. The molecule has 29 heavy (non-hydrogen) atoms. The lowest BCUT2D eigenvalue weighted by Gasteiger charge is -2.32. The number of hydrogen-bond donors (Lipinski definition) is 3. The fourth-order valence-corrected chi connectivity index (χ4v) is 3.41. The van der Waals surface area contributed by atoms with Crippen molar-refractivity contribution in [2.45, 2.75) is 39.2 Å². The SMILES string of the molecule is CC(CNc1ccccc1)N1CCCCC1.Cc1c(C(=O)O)cccc1C(=O)O. The molecule has 0 aliphatic carbocycles. The maximum absolute atomic E-state index is 10.6. The van der Waals surface area contributed by atoms with E-state index in [1.165, 1.54) is 63.2 Å². The van der Waals surface area contributed by atoms with E-state index in [4.69, 9.17) is 10.2 Å². The van der Waals surface area contributed by atoms with E-state index in [9.17, 15) is 9.59 Å². The molecule has 1 fully saturated rings. The largest absolute Gasteiger partial charge is 0.478 e. The number of rotatable bonds is 6. The number of piperidine rings is 1. The summed E-state index contributed by atoms with van der Waals surface area (Å²) in [6.45, 7) is 7.40. The van der Waals surface area contributed by atoms with Crippen molar-refractivity contribution < 1.29 is 19.8 Å². The van der Waals surface area contributed by atoms with Gasteiger partial charge >= 0.3 is 11.9 Å². The third-order valence-corrected chi connectivity index (χ3v) is 5.18. The molecule has 3 rings (SSSR count). The summed E-state index contributed by atoms with van der Waals surface area (Å²) in [4.78, 5) is 23.8.